The topological polar surface area (TPSA) is 86.5 Å². The molecule has 3 rings (SSSR count). The fourth-order valence-electron chi connectivity index (χ4n) is 2.59. The van der Waals surface area contributed by atoms with Gasteiger partial charge >= 0.3 is 5.97 Å². The SMILES string of the molecule is NS(=O)(=O)c1cc(F)c(C2=C(c3cc(Cl)cc(Cl)c3)C(=O)OC2)cc1F. The van der Waals surface area contributed by atoms with Gasteiger partial charge in [-0.1, -0.05) is 23.2 Å². The van der Waals surface area contributed by atoms with Gasteiger partial charge in [0.1, 0.15) is 23.1 Å². The normalized spacial score (nSPS) is 14.7. The first-order valence-corrected chi connectivity index (χ1v) is 9.27. The molecular formula is C16H9Cl2F2NO4S. The molecule has 0 amide bonds. The summed E-state index contributed by atoms with van der Waals surface area (Å²) in [5, 5.41) is 5.31. The van der Waals surface area contributed by atoms with Gasteiger partial charge in [-0.2, -0.15) is 0 Å². The maximum Gasteiger partial charge on any atom is 0.339 e. The van der Waals surface area contributed by atoms with Crippen LogP contribution in [0.25, 0.3) is 11.1 Å². The quantitative estimate of drug-likeness (QED) is 0.772. The highest BCUT2D eigenvalue weighted by molar-refractivity contribution is 7.89. The van der Waals surface area contributed by atoms with E-state index in [0.717, 1.165) is 0 Å². The van der Waals surface area contributed by atoms with Crippen molar-refractivity contribution in [3.05, 3.63) is 63.1 Å². The number of carbonyl (C=O) groups is 1. The summed E-state index contributed by atoms with van der Waals surface area (Å²) < 4.78 is 56.1. The number of esters is 1. The number of ether oxygens (including phenoxy) is 1. The second-order valence-corrected chi connectivity index (χ2v) is 7.80. The molecule has 1 heterocycles. The molecule has 1 aliphatic rings. The fourth-order valence-corrected chi connectivity index (χ4v) is 3.71. The Balaban J connectivity index is 2.25. The van der Waals surface area contributed by atoms with E-state index in [1.807, 2.05) is 0 Å². The molecule has 0 aliphatic carbocycles. The van der Waals surface area contributed by atoms with Crippen LogP contribution in [0.4, 0.5) is 8.78 Å². The lowest BCUT2D eigenvalue weighted by Crippen LogP contribution is -2.15. The number of rotatable bonds is 3. The molecule has 0 unspecified atom stereocenters. The summed E-state index contributed by atoms with van der Waals surface area (Å²) in [7, 11) is -4.45. The average molecular weight is 420 g/mol. The summed E-state index contributed by atoms with van der Waals surface area (Å²) in [5.74, 6) is -3.10. The van der Waals surface area contributed by atoms with Gasteiger partial charge in [-0.15, -0.1) is 0 Å². The highest BCUT2D eigenvalue weighted by Gasteiger charge is 2.30. The minimum absolute atomic E-state index is 0.0331. The van der Waals surface area contributed by atoms with E-state index in [4.69, 9.17) is 33.1 Å². The Labute approximate surface area is 157 Å². The monoisotopic (exact) mass is 419 g/mol. The van der Waals surface area contributed by atoms with E-state index in [-0.39, 0.29) is 38.9 Å². The molecule has 2 aromatic carbocycles. The van der Waals surface area contributed by atoms with Gasteiger partial charge in [0.15, 0.2) is 0 Å². The first kappa shape index (κ1) is 18.8. The molecule has 5 nitrogen and oxygen atoms in total. The van der Waals surface area contributed by atoms with Gasteiger partial charge in [-0.25, -0.2) is 27.1 Å². The van der Waals surface area contributed by atoms with Gasteiger partial charge in [0, 0.05) is 21.2 Å². The van der Waals surface area contributed by atoms with Crippen molar-refractivity contribution in [3.63, 3.8) is 0 Å². The Morgan fingerprint density at radius 1 is 1.00 bits per heavy atom. The van der Waals surface area contributed by atoms with Crippen molar-refractivity contribution in [2.24, 2.45) is 5.14 Å². The molecule has 0 atom stereocenters. The molecule has 0 spiro atoms. The van der Waals surface area contributed by atoms with E-state index in [0.29, 0.717) is 12.1 Å². The molecular weight excluding hydrogens is 411 g/mol. The van der Waals surface area contributed by atoms with Crippen molar-refractivity contribution in [1.29, 1.82) is 0 Å². The predicted octanol–water partition coefficient (Wildman–Crippen LogP) is 3.39. The molecule has 0 radical (unpaired) electrons. The third-order valence-electron chi connectivity index (χ3n) is 3.66. The Kier molecular flexibility index (Phi) is 4.78. The number of nitrogens with two attached hydrogens (primary N) is 1. The Morgan fingerprint density at radius 3 is 2.19 bits per heavy atom. The number of sulfonamides is 1. The molecule has 10 heteroatoms. The average Bonchev–Trinajstić information content (AvgIpc) is 2.88. The molecule has 2 N–H and O–H groups in total. The first-order chi connectivity index (χ1) is 12.1. The van der Waals surface area contributed by atoms with Crippen LogP contribution in [0.15, 0.2) is 35.2 Å². The van der Waals surface area contributed by atoms with E-state index in [1.165, 1.54) is 18.2 Å². The molecule has 26 heavy (non-hydrogen) atoms. The zero-order valence-electron chi connectivity index (χ0n) is 12.7. The molecule has 0 aromatic heterocycles. The van der Waals surface area contributed by atoms with Crippen LogP contribution in [0, 0.1) is 11.6 Å². The van der Waals surface area contributed by atoms with Crippen LogP contribution in [0.5, 0.6) is 0 Å². The van der Waals surface area contributed by atoms with Crippen molar-refractivity contribution < 1.29 is 26.7 Å². The Morgan fingerprint density at radius 2 is 1.62 bits per heavy atom. The van der Waals surface area contributed by atoms with Crippen LogP contribution in [-0.2, 0) is 19.6 Å². The lowest BCUT2D eigenvalue weighted by Gasteiger charge is -2.09. The molecule has 1 aliphatic heterocycles. The largest absolute Gasteiger partial charge is 0.457 e. The van der Waals surface area contributed by atoms with E-state index in [9.17, 15) is 22.0 Å². The second kappa shape index (κ2) is 6.62. The van der Waals surface area contributed by atoms with E-state index in [2.05, 4.69) is 0 Å². The highest BCUT2D eigenvalue weighted by Crippen LogP contribution is 2.37. The van der Waals surface area contributed by atoms with Crippen molar-refractivity contribution >= 4 is 50.3 Å². The minimum Gasteiger partial charge on any atom is -0.457 e. The van der Waals surface area contributed by atoms with Crippen LogP contribution >= 0.6 is 23.2 Å². The number of cyclic esters (lactones) is 1. The van der Waals surface area contributed by atoms with Gasteiger partial charge in [0.2, 0.25) is 10.0 Å². The third kappa shape index (κ3) is 3.45. The van der Waals surface area contributed by atoms with E-state index >= 15 is 0 Å². The van der Waals surface area contributed by atoms with E-state index < -0.39 is 32.5 Å². The zero-order valence-corrected chi connectivity index (χ0v) is 15.1. The number of benzene rings is 2. The van der Waals surface area contributed by atoms with E-state index in [1.54, 1.807) is 0 Å². The van der Waals surface area contributed by atoms with Gasteiger partial charge in [0.05, 0.1) is 5.57 Å². The lowest BCUT2D eigenvalue weighted by atomic mass is 9.96. The maximum atomic E-state index is 14.4. The van der Waals surface area contributed by atoms with Crippen LogP contribution in [0.2, 0.25) is 10.0 Å². The van der Waals surface area contributed by atoms with Gasteiger partial charge in [0.25, 0.3) is 0 Å². The number of halogens is 4. The summed E-state index contributed by atoms with van der Waals surface area (Å²) in [6, 6.07) is 5.38. The predicted molar refractivity (Wildman–Crippen MR) is 92.0 cm³/mol. The van der Waals surface area contributed by atoms with Gasteiger partial charge in [-0.3, -0.25) is 0 Å². The van der Waals surface area contributed by atoms with Crippen molar-refractivity contribution in [2.45, 2.75) is 4.90 Å². The standard InChI is InChI=1S/C16H9Cl2F2NO4S/c17-8-1-7(2-9(18)3-8)15-11(6-25-16(15)22)10-4-13(20)14(5-12(10)19)26(21,23)24/h1-5H,6H2,(H2,21,23,24). The first-order valence-electron chi connectivity index (χ1n) is 6.97. The number of primary sulfonamides is 1. The molecule has 0 saturated carbocycles. The molecule has 136 valence electrons. The Bertz CT molecular complexity index is 1060. The van der Waals surface area contributed by atoms with Gasteiger partial charge in [-0.05, 0) is 35.9 Å². The van der Waals surface area contributed by atoms with Crippen LogP contribution in [-0.4, -0.2) is 21.0 Å². The summed E-state index contributed by atoms with van der Waals surface area (Å²) in [6.45, 7) is -0.330. The molecule has 2 aromatic rings. The highest BCUT2D eigenvalue weighted by atomic mass is 35.5. The van der Waals surface area contributed by atoms with Crippen molar-refractivity contribution in [3.8, 4) is 0 Å². The van der Waals surface area contributed by atoms with Crippen LogP contribution < -0.4 is 5.14 Å². The minimum atomic E-state index is -4.45. The second-order valence-electron chi connectivity index (χ2n) is 5.40. The van der Waals surface area contributed by atoms with Crippen molar-refractivity contribution in [1.82, 2.24) is 0 Å². The zero-order chi connectivity index (χ0) is 19.2. The smallest absolute Gasteiger partial charge is 0.339 e. The molecule has 0 saturated heterocycles. The summed E-state index contributed by atoms with van der Waals surface area (Å²) >= 11 is 11.8. The maximum absolute atomic E-state index is 14.4. The fraction of sp³-hybridized carbons (Fsp3) is 0.0625. The number of carbonyl (C=O) groups excluding carboxylic acids is 1. The number of hydrogen-bond donors (Lipinski definition) is 1. The summed E-state index contributed by atoms with van der Waals surface area (Å²) in [4.78, 5) is 11.1. The lowest BCUT2D eigenvalue weighted by molar-refractivity contribution is -0.133. The van der Waals surface area contributed by atoms with Crippen LogP contribution in [0.1, 0.15) is 11.1 Å². The van der Waals surface area contributed by atoms with Gasteiger partial charge < -0.3 is 4.74 Å². The number of hydrogen-bond acceptors (Lipinski definition) is 4. The van der Waals surface area contributed by atoms with Crippen LogP contribution in [0.3, 0.4) is 0 Å². The van der Waals surface area contributed by atoms with Crippen molar-refractivity contribution in [2.75, 3.05) is 6.61 Å². The molecule has 0 bridgehead atoms. The molecule has 0 fully saturated rings. The summed E-state index contributed by atoms with van der Waals surface area (Å²) in [6.07, 6.45) is 0. The Hall–Kier alpha value is -2.00. The summed E-state index contributed by atoms with van der Waals surface area (Å²) in [5.41, 5.74) is -0.0797. The third-order valence-corrected chi connectivity index (χ3v) is 5.02.